The summed E-state index contributed by atoms with van der Waals surface area (Å²) in [7, 11) is 0. The van der Waals surface area contributed by atoms with E-state index in [-0.39, 0.29) is 23.3 Å². The van der Waals surface area contributed by atoms with Crippen LogP contribution < -0.4 is 0 Å². The van der Waals surface area contributed by atoms with Crippen LogP contribution >= 0.6 is 0 Å². The van der Waals surface area contributed by atoms with Crippen molar-refractivity contribution in [1.29, 1.82) is 0 Å². The smallest absolute Gasteiger partial charge is 0.320 e. The van der Waals surface area contributed by atoms with Crippen LogP contribution in [0.3, 0.4) is 0 Å². The molecule has 0 radical (unpaired) electrons. The maximum atomic E-state index is 11.7. The van der Waals surface area contributed by atoms with E-state index < -0.39 is 5.97 Å². The molecule has 2 aliphatic heterocycles. The van der Waals surface area contributed by atoms with Gasteiger partial charge in [-0.05, 0) is 59.4 Å². The van der Waals surface area contributed by atoms with Gasteiger partial charge in [-0.1, -0.05) is 13.3 Å². The summed E-state index contributed by atoms with van der Waals surface area (Å²) >= 11 is 0. The minimum atomic E-state index is -0.677. The Labute approximate surface area is 122 Å². The van der Waals surface area contributed by atoms with Gasteiger partial charge in [0.25, 0.3) is 0 Å². The molecule has 0 aromatic carbocycles. The summed E-state index contributed by atoms with van der Waals surface area (Å²) < 4.78 is 6.15. The van der Waals surface area contributed by atoms with Gasteiger partial charge in [0.1, 0.15) is 6.04 Å². The van der Waals surface area contributed by atoms with Crippen LogP contribution in [0.1, 0.15) is 60.3 Å². The number of carboxylic acid groups (broad SMARTS) is 1. The predicted molar refractivity (Wildman–Crippen MR) is 78.8 cm³/mol. The van der Waals surface area contributed by atoms with Crippen LogP contribution in [0.25, 0.3) is 0 Å². The van der Waals surface area contributed by atoms with Crippen molar-refractivity contribution < 1.29 is 14.6 Å². The highest BCUT2D eigenvalue weighted by molar-refractivity contribution is 5.73. The number of aliphatic carboxylic acids is 1. The molecule has 0 aromatic heterocycles. The van der Waals surface area contributed by atoms with Gasteiger partial charge in [-0.3, -0.25) is 9.69 Å². The van der Waals surface area contributed by atoms with Gasteiger partial charge in [0.2, 0.25) is 0 Å². The largest absolute Gasteiger partial charge is 0.480 e. The van der Waals surface area contributed by atoms with Crippen molar-refractivity contribution in [3.05, 3.63) is 0 Å². The molecule has 4 heteroatoms. The van der Waals surface area contributed by atoms with Crippen LogP contribution in [-0.4, -0.2) is 45.8 Å². The molecule has 0 amide bonds. The Morgan fingerprint density at radius 3 is 2.45 bits per heavy atom. The zero-order chi connectivity index (χ0) is 15.1. The Balaban J connectivity index is 2.20. The van der Waals surface area contributed by atoms with Crippen molar-refractivity contribution in [2.45, 2.75) is 83.6 Å². The minimum absolute atomic E-state index is 0.168. The molecule has 3 atom stereocenters. The summed E-state index contributed by atoms with van der Waals surface area (Å²) in [6.07, 6.45) is 3.86. The lowest BCUT2D eigenvalue weighted by atomic mass is 9.84. The van der Waals surface area contributed by atoms with Gasteiger partial charge in [-0.25, -0.2) is 0 Å². The van der Waals surface area contributed by atoms with Crippen molar-refractivity contribution in [3.8, 4) is 0 Å². The van der Waals surface area contributed by atoms with Crippen molar-refractivity contribution >= 4 is 5.97 Å². The van der Waals surface area contributed by atoms with Crippen molar-refractivity contribution in [2.24, 2.45) is 5.92 Å². The molecule has 0 saturated carbocycles. The molecule has 20 heavy (non-hydrogen) atoms. The van der Waals surface area contributed by atoms with E-state index in [2.05, 4.69) is 39.5 Å². The Morgan fingerprint density at radius 1 is 1.35 bits per heavy atom. The van der Waals surface area contributed by atoms with Crippen molar-refractivity contribution in [3.63, 3.8) is 0 Å². The molecule has 2 fully saturated rings. The number of piperidine rings is 1. The number of ether oxygens (including phenoxy) is 1. The second-order valence-corrected chi connectivity index (χ2v) is 7.58. The third kappa shape index (κ3) is 3.01. The van der Waals surface area contributed by atoms with E-state index in [1.807, 2.05) is 0 Å². The normalized spacial score (nSPS) is 37.0. The number of carboxylic acids is 1. The van der Waals surface area contributed by atoms with E-state index in [0.717, 1.165) is 32.2 Å². The van der Waals surface area contributed by atoms with E-state index in [1.54, 1.807) is 0 Å². The first-order valence-corrected chi connectivity index (χ1v) is 7.85. The first kappa shape index (κ1) is 15.8. The van der Waals surface area contributed by atoms with Crippen LogP contribution in [0.2, 0.25) is 0 Å². The zero-order valence-corrected chi connectivity index (χ0v) is 13.5. The first-order chi connectivity index (χ1) is 9.16. The number of likely N-dealkylation sites (tertiary alicyclic amines) is 1. The molecule has 116 valence electrons. The highest BCUT2D eigenvalue weighted by Crippen LogP contribution is 2.42. The Kier molecular flexibility index (Phi) is 4.18. The Bertz CT molecular complexity index is 378. The van der Waals surface area contributed by atoms with E-state index in [0.29, 0.717) is 5.92 Å². The SMILES string of the molecule is CCC1CCN(C2CC(C)(C)OC2(C)C)C(C(=O)O)C1. The van der Waals surface area contributed by atoms with Crippen molar-refractivity contribution in [2.75, 3.05) is 6.54 Å². The summed E-state index contributed by atoms with van der Waals surface area (Å²) in [5, 5.41) is 9.60. The third-order valence-corrected chi connectivity index (χ3v) is 5.04. The molecule has 2 saturated heterocycles. The number of carbonyl (C=O) groups is 1. The molecule has 0 aliphatic carbocycles. The van der Waals surface area contributed by atoms with E-state index in [4.69, 9.17) is 4.74 Å². The monoisotopic (exact) mass is 283 g/mol. The second-order valence-electron chi connectivity index (χ2n) is 7.58. The molecule has 0 aromatic rings. The molecule has 1 N–H and O–H groups in total. The lowest BCUT2D eigenvalue weighted by molar-refractivity contribution is -0.149. The summed E-state index contributed by atoms with van der Waals surface area (Å²) in [4.78, 5) is 13.9. The maximum absolute atomic E-state index is 11.7. The molecule has 4 nitrogen and oxygen atoms in total. The van der Waals surface area contributed by atoms with Crippen LogP contribution in [0.5, 0.6) is 0 Å². The quantitative estimate of drug-likeness (QED) is 0.865. The molecule has 2 aliphatic rings. The molecule has 3 unspecified atom stereocenters. The third-order valence-electron chi connectivity index (χ3n) is 5.04. The van der Waals surface area contributed by atoms with Crippen molar-refractivity contribution in [1.82, 2.24) is 4.90 Å². The number of hydrogen-bond donors (Lipinski definition) is 1. The molecule has 0 bridgehead atoms. The van der Waals surface area contributed by atoms with Gasteiger partial charge in [0.15, 0.2) is 0 Å². The lowest BCUT2D eigenvalue weighted by Gasteiger charge is -2.44. The Morgan fingerprint density at radius 2 is 2.00 bits per heavy atom. The van der Waals surface area contributed by atoms with Gasteiger partial charge in [0.05, 0.1) is 11.2 Å². The van der Waals surface area contributed by atoms with Crippen LogP contribution in [0.15, 0.2) is 0 Å². The van der Waals surface area contributed by atoms with E-state index in [1.165, 1.54) is 0 Å². The van der Waals surface area contributed by atoms with E-state index >= 15 is 0 Å². The first-order valence-electron chi connectivity index (χ1n) is 7.85. The number of rotatable bonds is 3. The van der Waals surface area contributed by atoms with E-state index in [9.17, 15) is 9.90 Å². The summed E-state index contributed by atoms with van der Waals surface area (Å²) in [5.41, 5.74) is -0.449. The van der Waals surface area contributed by atoms with Gasteiger partial charge in [-0.15, -0.1) is 0 Å². The van der Waals surface area contributed by atoms with Crippen LogP contribution in [0, 0.1) is 5.92 Å². The molecule has 2 heterocycles. The second kappa shape index (κ2) is 5.30. The highest BCUT2D eigenvalue weighted by Gasteiger charge is 2.51. The predicted octanol–water partition coefficient (Wildman–Crippen LogP) is 2.91. The lowest BCUT2D eigenvalue weighted by Crippen LogP contribution is -2.56. The topological polar surface area (TPSA) is 49.8 Å². The van der Waals surface area contributed by atoms with Crippen LogP contribution in [0.4, 0.5) is 0 Å². The van der Waals surface area contributed by atoms with Gasteiger partial charge in [0, 0.05) is 6.04 Å². The molecule has 0 spiro atoms. The van der Waals surface area contributed by atoms with Gasteiger partial charge in [-0.2, -0.15) is 0 Å². The fourth-order valence-electron chi connectivity index (χ4n) is 4.09. The number of hydrogen-bond acceptors (Lipinski definition) is 3. The zero-order valence-electron chi connectivity index (χ0n) is 13.5. The fourth-order valence-corrected chi connectivity index (χ4v) is 4.09. The maximum Gasteiger partial charge on any atom is 0.320 e. The minimum Gasteiger partial charge on any atom is -0.480 e. The number of nitrogens with zero attached hydrogens (tertiary/aromatic N) is 1. The molecular formula is C16H29NO3. The average molecular weight is 283 g/mol. The Hall–Kier alpha value is -0.610. The summed E-state index contributed by atoms with van der Waals surface area (Å²) in [6.45, 7) is 11.4. The van der Waals surface area contributed by atoms with Gasteiger partial charge < -0.3 is 9.84 Å². The summed E-state index contributed by atoms with van der Waals surface area (Å²) in [6, 6.07) is -0.160. The van der Waals surface area contributed by atoms with Crippen LogP contribution in [-0.2, 0) is 9.53 Å². The fraction of sp³-hybridized carbons (Fsp3) is 0.938. The summed E-state index contributed by atoms with van der Waals surface area (Å²) in [5.74, 6) is -0.130. The highest BCUT2D eigenvalue weighted by atomic mass is 16.5. The molecule has 2 rings (SSSR count). The van der Waals surface area contributed by atoms with Gasteiger partial charge >= 0.3 is 5.97 Å². The molecular weight excluding hydrogens is 254 g/mol. The standard InChI is InChI=1S/C16H29NO3/c1-6-11-7-8-17(12(9-11)14(18)19)13-10-15(2,3)20-16(13,4)5/h11-13H,6-10H2,1-5H3,(H,18,19). The average Bonchev–Trinajstić information content (AvgIpc) is 2.56.